The average molecular weight is 352 g/mol. The quantitative estimate of drug-likeness (QED) is 0.620. The second-order valence-electron chi connectivity index (χ2n) is 7.51. The van der Waals surface area contributed by atoms with Crippen LogP contribution in [0.25, 0.3) is 11.1 Å². The van der Waals surface area contributed by atoms with Gasteiger partial charge in [-0.3, -0.25) is 0 Å². The fourth-order valence-electron chi connectivity index (χ4n) is 2.83. The molecule has 0 aromatic heterocycles. The van der Waals surface area contributed by atoms with Gasteiger partial charge in [0, 0.05) is 0 Å². The second kappa shape index (κ2) is 6.90. The maximum Gasteiger partial charge on any atom is 0.494 e. The Hall–Kier alpha value is -2.11. The smallest absolute Gasteiger partial charge is 0.462 e. The number of benzene rings is 2. The highest BCUT2D eigenvalue weighted by Crippen LogP contribution is 2.36. The molecule has 0 unspecified atom stereocenters. The summed E-state index contributed by atoms with van der Waals surface area (Å²) in [7, 11) is -0.361. The summed E-state index contributed by atoms with van der Waals surface area (Å²) in [6.45, 7) is 10.4. The molecule has 0 amide bonds. The van der Waals surface area contributed by atoms with Gasteiger partial charge in [-0.05, 0) is 63.3 Å². The summed E-state index contributed by atoms with van der Waals surface area (Å²) in [6.07, 6.45) is 0. The molecule has 1 fully saturated rings. The molecule has 0 radical (unpaired) electrons. The Bertz CT molecular complexity index is 763. The van der Waals surface area contributed by atoms with Crippen LogP contribution in [-0.2, 0) is 14.0 Å². The van der Waals surface area contributed by atoms with Crippen molar-refractivity contribution in [1.82, 2.24) is 0 Å². The van der Waals surface area contributed by atoms with Gasteiger partial charge in [-0.15, -0.1) is 0 Å². The normalized spacial score (nSPS) is 18.0. The lowest BCUT2D eigenvalue weighted by Gasteiger charge is -2.32. The molecule has 136 valence electrons. The second-order valence-corrected chi connectivity index (χ2v) is 7.51. The van der Waals surface area contributed by atoms with Crippen LogP contribution in [-0.4, -0.2) is 30.9 Å². The van der Waals surface area contributed by atoms with Crippen molar-refractivity contribution in [2.45, 2.75) is 45.8 Å². The van der Waals surface area contributed by atoms with Gasteiger partial charge in [0.05, 0.1) is 23.4 Å². The molecule has 4 nitrogen and oxygen atoms in total. The van der Waals surface area contributed by atoms with Crippen LogP contribution in [0.4, 0.5) is 0 Å². The molecule has 2 aromatic rings. The third-order valence-corrected chi connectivity index (χ3v) is 5.17. The van der Waals surface area contributed by atoms with E-state index in [4.69, 9.17) is 14.0 Å². The lowest BCUT2D eigenvalue weighted by atomic mass is 9.78. The molecule has 26 heavy (non-hydrogen) atoms. The summed E-state index contributed by atoms with van der Waals surface area (Å²) >= 11 is 0. The average Bonchev–Trinajstić information content (AvgIpc) is 2.83. The topological polar surface area (TPSA) is 44.8 Å². The molecule has 1 aliphatic heterocycles. The van der Waals surface area contributed by atoms with Gasteiger partial charge in [0.25, 0.3) is 0 Å². The molecular formula is C21H25BO4. The highest BCUT2D eigenvalue weighted by molar-refractivity contribution is 6.62. The predicted octanol–water partition coefficient (Wildman–Crippen LogP) is 3.83. The van der Waals surface area contributed by atoms with Gasteiger partial charge in [-0.2, -0.15) is 0 Å². The van der Waals surface area contributed by atoms with Crippen LogP contribution in [0.2, 0.25) is 0 Å². The summed E-state index contributed by atoms with van der Waals surface area (Å²) in [6, 6.07) is 15.6. The third kappa shape index (κ3) is 3.55. The van der Waals surface area contributed by atoms with Gasteiger partial charge in [0.1, 0.15) is 0 Å². The van der Waals surface area contributed by atoms with Crippen LogP contribution in [0.1, 0.15) is 45.0 Å². The Labute approximate surface area is 155 Å². The van der Waals surface area contributed by atoms with Crippen LogP contribution < -0.4 is 5.46 Å². The summed E-state index contributed by atoms with van der Waals surface area (Å²) < 4.78 is 17.2. The van der Waals surface area contributed by atoms with E-state index in [-0.39, 0.29) is 24.3 Å². The van der Waals surface area contributed by atoms with Gasteiger partial charge < -0.3 is 14.0 Å². The summed E-state index contributed by atoms with van der Waals surface area (Å²) in [4.78, 5) is 11.7. The van der Waals surface area contributed by atoms with Gasteiger partial charge in [0.15, 0.2) is 0 Å². The van der Waals surface area contributed by atoms with Gasteiger partial charge >= 0.3 is 13.1 Å². The summed E-state index contributed by atoms with van der Waals surface area (Å²) in [5, 5.41) is 0. The SMILES string of the molecule is CCOC(=O)c1ccc(-c2ccc(B3OC(C)(C)C(C)(C)O3)cc2)cc1. The first-order valence-corrected chi connectivity index (χ1v) is 8.97. The van der Waals surface area contributed by atoms with Gasteiger partial charge in [-0.1, -0.05) is 36.4 Å². The predicted molar refractivity (Wildman–Crippen MR) is 104 cm³/mol. The maximum absolute atomic E-state index is 11.7. The Morgan fingerprint density at radius 3 is 1.81 bits per heavy atom. The number of ether oxygens (including phenoxy) is 1. The zero-order valence-corrected chi connectivity index (χ0v) is 16.0. The van der Waals surface area contributed by atoms with E-state index in [1.165, 1.54) is 0 Å². The lowest BCUT2D eigenvalue weighted by molar-refractivity contribution is 0.00578. The van der Waals surface area contributed by atoms with Crippen molar-refractivity contribution in [1.29, 1.82) is 0 Å². The zero-order chi connectivity index (χ0) is 18.9. The molecular weight excluding hydrogens is 327 g/mol. The molecule has 1 aliphatic rings. The van der Waals surface area contributed by atoms with E-state index >= 15 is 0 Å². The van der Waals surface area contributed by atoms with Crippen LogP contribution in [0.5, 0.6) is 0 Å². The largest absolute Gasteiger partial charge is 0.494 e. The molecule has 3 rings (SSSR count). The fraction of sp³-hybridized carbons (Fsp3) is 0.381. The van der Waals surface area contributed by atoms with Crippen LogP contribution in [0.15, 0.2) is 48.5 Å². The molecule has 0 bridgehead atoms. The number of hydrogen-bond donors (Lipinski definition) is 0. The van der Waals surface area contributed by atoms with Crippen molar-refractivity contribution in [3.63, 3.8) is 0 Å². The minimum Gasteiger partial charge on any atom is -0.462 e. The first kappa shape index (κ1) is 18.7. The number of carbonyl (C=O) groups is 1. The van der Waals surface area contributed by atoms with Crippen LogP contribution >= 0.6 is 0 Å². The first-order chi connectivity index (χ1) is 12.2. The van der Waals surface area contributed by atoms with E-state index in [9.17, 15) is 4.79 Å². The van der Waals surface area contributed by atoms with Crippen molar-refractivity contribution >= 4 is 18.6 Å². The highest BCUT2D eigenvalue weighted by atomic mass is 16.7. The highest BCUT2D eigenvalue weighted by Gasteiger charge is 2.51. The van der Waals surface area contributed by atoms with Crippen LogP contribution in [0.3, 0.4) is 0 Å². The minimum absolute atomic E-state index is 0.296. The third-order valence-electron chi connectivity index (χ3n) is 5.17. The van der Waals surface area contributed by atoms with Crippen molar-refractivity contribution in [3.8, 4) is 11.1 Å². The molecule has 0 atom stereocenters. The van der Waals surface area contributed by atoms with Crippen molar-refractivity contribution < 1.29 is 18.8 Å². The van der Waals surface area contributed by atoms with Crippen LogP contribution in [0, 0.1) is 0 Å². The van der Waals surface area contributed by atoms with Crippen molar-refractivity contribution in [2.24, 2.45) is 0 Å². The van der Waals surface area contributed by atoms with E-state index in [1.807, 2.05) is 64.1 Å². The molecule has 0 N–H and O–H groups in total. The molecule has 1 heterocycles. The Balaban J connectivity index is 1.75. The molecule has 0 spiro atoms. The fourth-order valence-corrected chi connectivity index (χ4v) is 2.83. The van der Waals surface area contributed by atoms with E-state index < -0.39 is 0 Å². The lowest BCUT2D eigenvalue weighted by Crippen LogP contribution is -2.41. The van der Waals surface area contributed by atoms with Crippen molar-refractivity contribution in [2.75, 3.05) is 6.61 Å². The number of hydrogen-bond acceptors (Lipinski definition) is 4. The Kier molecular flexibility index (Phi) is 4.95. The molecule has 2 aromatic carbocycles. The number of carbonyl (C=O) groups excluding carboxylic acids is 1. The summed E-state index contributed by atoms with van der Waals surface area (Å²) in [5.41, 5.74) is 2.97. The maximum atomic E-state index is 11.7. The zero-order valence-electron chi connectivity index (χ0n) is 16.0. The Morgan fingerprint density at radius 2 is 1.35 bits per heavy atom. The van der Waals surface area contributed by atoms with E-state index in [0.717, 1.165) is 16.6 Å². The molecule has 0 aliphatic carbocycles. The monoisotopic (exact) mass is 352 g/mol. The minimum atomic E-state index is -0.361. The van der Waals surface area contributed by atoms with E-state index in [1.54, 1.807) is 19.1 Å². The van der Waals surface area contributed by atoms with Gasteiger partial charge in [-0.25, -0.2) is 4.79 Å². The Morgan fingerprint density at radius 1 is 0.885 bits per heavy atom. The molecule has 1 saturated heterocycles. The van der Waals surface area contributed by atoms with E-state index in [0.29, 0.717) is 12.2 Å². The van der Waals surface area contributed by atoms with Crippen molar-refractivity contribution in [3.05, 3.63) is 54.1 Å². The first-order valence-electron chi connectivity index (χ1n) is 8.97. The number of esters is 1. The number of rotatable bonds is 4. The van der Waals surface area contributed by atoms with E-state index in [2.05, 4.69) is 0 Å². The van der Waals surface area contributed by atoms with Gasteiger partial charge in [0.2, 0.25) is 0 Å². The summed E-state index contributed by atoms with van der Waals surface area (Å²) in [5.74, 6) is -0.296. The molecule has 5 heteroatoms. The molecule has 0 saturated carbocycles. The standard InChI is InChI=1S/C21H25BO4/c1-6-24-19(23)17-9-7-15(8-10-17)16-11-13-18(14-12-16)22-25-20(2,3)21(4,5)26-22/h7-14H,6H2,1-5H3.